The molecule has 0 saturated carbocycles. The first-order valence-corrected chi connectivity index (χ1v) is 6.15. The quantitative estimate of drug-likeness (QED) is 0.441. The van der Waals surface area contributed by atoms with Crippen molar-refractivity contribution in [3.63, 3.8) is 0 Å². The van der Waals surface area contributed by atoms with E-state index in [0.717, 1.165) is 6.07 Å². The van der Waals surface area contributed by atoms with Gasteiger partial charge in [0.05, 0.1) is 0 Å². The fourth-order valence-electron chi connectivity index (χ4n) is 2.15. The van der Waals surface area contributed by atoms with Crippen molar-refractivity contribution < 1.29 is 13.2 Å². The third kappa shape index (κ3) is 3.15. The van der Waals surface area contributed by atoms with Crippen molar-refractivity contribution in [2.45, 2.75) is 12.8 Å². The van der Waals surface area contributed by atoms with Crippen LogP contribution in [0.15, 0.2) is 22.1 Å². The Bertz CT molecular complexity index is 660. The summed E-state index contributed by atoms with van der Waals surface area (Å²) in [5.41, 5.74) is 16.9. The fraction of sp³-hybridized carbons (Fsp3) is 0.231. The van der Waals surface area contributed by atoms with Crippen LogP contribution >= 0.6 is 0 Å². The Kier molecular flexibility index (Phi) is 4.15. The predicted octanol–water partition coefficient (Wildman–Crippen LogP) is 1.02. The van der Waals surface area contributed by atoms with Crippen LogP contribution in [-0.2, 0) is 6.42 Å². The van der Waals surface area contributed by atoms with Crippen molar-refractivity contribution in [2.24, 2.45) is 27.2 Å². The van der Waals surface area contributed by atoms with Gasteiger partial charge in [-0.25, -0.2) is 13.2 Å². The number of rotatable bonds is 3. The van der Waals surface area contributed by atoms with Crippen LogP contribution in [0.4, 0.5) is 13.2 Å². The molecule has 0 radical (unpaired) electrons. The van der Waals surface area contributed by atoms with E-state index in [4.69, 9.17) is 17.2 Å². The standard InChI is InChI=1S/C13H14F3N5/c14-9-5-8-6(1-2-7(8)10(15)11(9)16)3-4-20-13(19)21-12(17)18/h1,5H,2-4H2,(H6,17,18,19,20,21). The fourth-order valence-corrected chi connectivity index (χ4v) is 2.15. The molecule has 0 amide bonds. The van der Waals surface area contributed by atoms with Crippen LogP contribution < -0.4 is 17.2 Å². The van der Waals surface area contributed by atoms with Gasteiger partial charge in [-0.15, -0.1) is 0 Å². The van der Waals surface area contributed by atoms with E-state index in [1.807, 2.05) is 0 Å². The molecule has 0 aliphatic heterocycles. The molecule has 21 heavy (non-hydrogen) atoms. The summed E-state index contributed by atoms with van der Waals surface area (Å²) in [5, 5.41) is 0. The molecule has 0 fully saturated rings. The predicted molar refractivity (Wildman–Crippen MR) is 74.9 cm³/mol. The highest BCUT2D eigenvalue weighted by Crippen LogP contribution is 2.33. The average molecular weight is 297 g/mol. The molecular weight excluding hydrogens is 283 g/mol. The van der Waals surface area contributed by atoms with Gasteiger partial charge >= 0.3 is 0 Å². The minimum absolute atomic E-state index is 0.0784. The average Bonchev–Trinajstić information content (AvgIpc) is 2.78. The van der Waals surface area contributed by atoms with E-state index < -0.39 is 17.5 Å². The van der Waals surface area contributed by atoms with E-state index in [-0.39, 0.29) is 30.4 Å². The minimum atomic E-state index is -1.45. The van der Waals surface area contributed by atoms with E-state index in [1.54, 1.807) is 6.08 Å². The van der Waals surface area contributed by atoms with Gasteiger partial charge in [0.2, 0.25) is 5.96 Å². The molecule has 8 heteroatoms. The maximum atomic E-state index is 13.6. The van der Waals surface area contributed by atoms with E-state index in [9.17, 15) is 13.2 Å². The summed E-state index contributed by atoms with van der Waals surface area (Å²) in [6.07, 6.45) is 2.32. The summed E-state index contributed by atoms with van der Waals surface area (Å²) in [5.74, 6) is -4.08. The number of hydrogen-bond acceptors (Lipinski definition) is 1. The van der Waals surface area contributed by atoms with Gasteiger partial charge in [0, 0.05) is 12.1 Å². The third-order valence-corrected chi connectivity index (χ3v) is 3.06. The van der Waals surface area contributed by atoms with Crippen molar-refractivity contribution >= 4 is 17.5 Å². The Morgan fingerprint density at radius 1 is 1.14 bits per heavy atom. The highest BCUT2D eigenvalue weighted by Gasteiger charge is 2.23. The number of fused-ring (bicyclic) bond motifs is 1. The summed E-state index contributed by atoms with van der Waals surface area (Å²) in [4.78, 5) is 7.44. The first-order chi connectivity index (χ1) is 9.90. The largest absolute Gasteiger partial charge is 0.370 e. The number of nitrogens with two attached hydrogens (primary N) is 3. The number of halogens is 3. The Labute approximate surface area is 119 Å². The molecule has 0 saturated heterocycles. The second-order valence-electron chi connectivity index (χ2n) is 4.47. The van der Waals surface area contributed by atoms with Gasteiger partial charge in [0.25, 0.3) is 0 Å². The van der Waals surface area contributed by atoms with E-state index in [2.05, 4.69) is 9.98 Å². The second-order valence-corrected chi connectivity index (χ2v) is 4.47. The highest BCUT2D eigenvalue weighted by molar-refractivity contribution is 5.92. The number of benzene rings is 1. The SMILES string of the molecule is NC(N)=NC(N)=NCCC1=CCc2c1cc(F)c(F)c2F. The van der Waals surface area contributed by atoms with Gasteiger partial charge in [0.1, 0.15) is 0 Å². The number of nitrogens with zero attached hydrogens (tertiary/aromatic N) is 2. The zero-order valence-corrected chi connectivity index (χ0v) is 11.0. The Hall–Kier alpha value is -2.51. The molecule has 1 aliphatic rings. The number of guanidine groups is 2. The van der Waals surface area contributed by atoms with Crippen molar-refractivity contribution in [2.75, 3.05) is 6.54 Å². The molecule has 0 atom stereocenters. The molecule has 0 spiro atoms. The number of aliphatic imine (C=N–C) groups is 2. The summed E-state index contributed by atoms with van der Waals surface area (Å²) in [7, 11) is 0. The molecule has 6 N–H and O–H groups in total. The van der Waals surface area contributed by atoms with Crippen molar-refractivity contribution in [3.05, 3.63) is 40.7 Å². The van der Waals surface area contributed by atoms with Crippen LogP contribution in [0.1, 0.15) is 17.5 Å². The lowest BCUT2D eigenvalue weighted by Gasteiger charge is -2.07. The lowest BCUT2D eigenvalue weighted by molar-refractivity contribution is 0.442. The van der Waals surface area contributed by atoms with Gasteiger partial charge in [0.15, 0.2) is 23.4 Å². The van der Waals surface area contributed by atoms with Gasteiger partial charge < -0.3 is 17.2 Å². The first kappa shape index (κ1) is 14.9. The van der Waals surface area contributed by atoms with Crippen LogP contribution in [0.2, 0.25) is 0 Å². The molecule has 1 aliphatic carbocycles. The molecule has 1 aromatic rings. The smallest absolute Gasteiger partial charge is 0.218 e. The zero-order valence-electron chi connectivity index (χ0n) is 11.0. The summed E-state index contributed by atoms with van der Waals surface area (Å²) in [6.45, 7) is 0.245. The van der Waals surface area contributed by atoms with E-state index in [0.29, 0.717) is 17.6 Å². The first-order valence-electron chi connectivity index (χ1n) is 6.15. The minimum Gasteiger partial charge on any atom is -0.370 e. The molecule has 0 heterocycles. The highest BCUT2D eigenvalue weighted by atomic mass is 19.2. The normalized spacial score (nSPS) is 13.9. The van der Waals surface area contributed by atoms with Crippen molar-refractivity contribution in [1.82, 2.24) is 0 Å². The van der Waals surface area contributed by atoms with Gasteiger partial charge in [-0.2, -0.15) is 4.99 Å². The molecule has 0 aromatic heterocycles. The van der Waals surface area contributed by atoms with Crippen LogP contribution in [0.3, 0.4) is 0 Å². The molecule has 112 valence electrons. The zero-order chi connectivity index (χ0) is 15.6. The lowest BCUT2D eigenvalue weighted by atomic mass is 10.0. The lowest BCUT2D eigenvalue weighted by Crippen LogP contribution is -2.26. The summed E-state index contributed by atoms with van der Waals surface area (Å²) < 4.78 is 40.0. The number of hydrogen-bond donors (Lipinski definition) is 3. The maximum absolute atomic E-state index is 13.6. The van der Waals surface area contributed by atoms with E-state index >= 15 is 0 Å². The summed E-state index contributed by atoms with van der Waals surface area (Å²) >= 11 is 0. The second kappa shape index (κ2) is 5.86. The Balaban J connectivity index is 2.12. The molecule has 5 nitrogen and oxygen atoms in total. The van der Waals surface area contributed by atoms with Crippen LogP contribution in [0, 0.1) is 17.5 Å². The Morgan fingerprint density at radius 2 is 1.86 bits per heavy atom. The van der Waals surface area contributed by atoms with Crippen LogP contribution in [-0.4, -0.2) is 18.5 Å². The van der Waals surface area contributed by atoms with Crippen molar-refractivity contribution in [3.8, 4) is 0 Å². The topological polar surface area (TPSA) is 103 Å². The molecule has 1 aromatic carbocycles. The van der Waals surface area contributed by atoms with Crippen LogP contribution in [0.5, 0.6) is 0 Å². The molecule has 0 unspecified atom stereocenters. The van der Waals surface area contributed by atoms with Gasteiger partial charge in [-0.1, -0.05) is 6.08 Å². The molecule has 2 rings (SSSR count). The van der Waals surface area contributed by atoms with E-state index in [1.165, 1.54) is 0 Å². The molecule has 0 bridgehead atoms. The third-order valence-electron chi connectivity index (χ3n) is 3.06. The molecular formula is C13H14F3N5. The van der Waals surface area contributed by atoms with Gasteiger partial charge in [-0.05, 0) is 30.0 Å². The van der Waals surface area contributed by atoms with Crippen LogP contribution in [0.25, 0.3) is 5.57 Å². The monoisotopic (exact) mass is 297 g/mol. The summed E-state index contributed by atoms with van der Waals surface area (Å²) in [6, 6.07) is 0.996. The Morgan fingerprint density at radius 3 is 2.52 bits per heavy atom. The number of allylic oxidation sites excluding steroid dienone is 1. The maximum Gasteiger partial charge on any atom is 0.218 e. The van der Waals surface area contributed by atoms with Gasteiger partial charge in [-0.3, -0.25) is 4.99 Å². The van der Waals surface area contributed by atoms with Crippen molar-refractivity contribution in [1.29, 1.82) is 0 Å².